The number of methoxy groups -OCH3 is 1. The van der Waals surface area contributed by atoms with Gasteiger partial charge in [-0.3, -0.25) is 4.79 Å². The van der Waals surface area contributed by atoms with E-state index in [0.29, 0.717) is 28.7 Å². The molecule has 1 heterocycles. The van der Waals surface area contributed by atoms with Gasteiger partial charge in [-0.15, -0.1) is 0 Å². The van der Waals surface area contributed by atoms with E-state index in [9.17, 15) is 9.59 Å². The Labute approximate surface area is 197 Å². The Morgan fingerprint density at radius 1 is 1.38 bits per heavy atom. The first kappa shape index (κ1) is 23.7. The summed E-state index contributed by atoms with van der Waals surface area (Å²) in [4.78, 5) is 28.8. The Hall–Kier alpha value is -2.91. The van der Waals surface area contributed by atoms with Crippen LogP contribution < -0.4 is 15.0 Å². The van der Waals surface area contributed by atoms with Gasteiger partial charge in [-0.25, -0.2) is 9.78 Å². The second-order valence-electron chi connectivity index (χ2n) is 6.93. The lowest BCUT2D eigenvalue weighted by Crippen LogP contribution is -2.23. The second-order valence-corrected chi connectivity index (χ2v) is 8.26. The van der Waals surface area contributed by atoms with E-state index in [1.54, 1.807) is 24.3 Å². The number of aryl methyl sites for hydroxylation is 1. The van der Waals surface area contributed by atoms with Gasteiger partial charge in [0.25, 0.3) is 5.56 Å². The first-order valence-electron chi connectivity index (χ1n) is 9.77. The predicted molar refractivity (Wildman–Crippen MR) is 126 cm³/mol. The molecule has 0 aliphatic heterocycles. The van der Waals surface area contributed by atoms with Crippen molar-refractivity contribution in [1.29, 1.82) is 0 Å². The minimum Gasteiger partial charge on any atom is -0.493 e. The number of carbonyl (C=O) groups is 1. The van der Waals surface area contributed by atoms with Crippen LogP contribution in [0.4, 0.5) is 0 Å². The van der Waals surface area contributed by atoms with Crippen molar-refractivity contribution in [2.45, 2.75) is 32.8 Å². The molecule has 0 fully saturated rings. The molecule has 0 amide bonds. The molecule has 1 atom stereocenters. The highest BCUT2D eigenvalue weighted by molar-refractivity contribution is 9.10. The first-order valence-corrected chi connectivity index (χ1v) is 10.9. The molecule has 1 aromatic heterocycles. The number of aromatic nitrogens is 2. The van der Waals surface area contributed by atoms with Gasteiger partial charge < -0.3 is 14.6 Å². The minimum absolute atomic E-state index is 0.113. The highest BCUT2D eigenvalue weighted by Gasteiger charge is 2.19. The van der Waals surface area contributed by atoms with Crippen molar-refractivity contribution in [3.8, 4) is 11.5 Å². The summed E-state index contributed by atoms with van der Waals surface area (Å²) in [7, 11) is 1.42. The maximum absolute atomic E-state index is 13.1. The molecule has 0 aliphatic rings. The van der Waals surface area contributed by atoms with Crippen LogP contribution in [0, 0.1) is 0 Å². The van der Waals surface area contributed by atoms with Crippen molar-refractivity contribution in [1.82, 2.24) is 9.66 Å². The van der Waals surface area contributed by atoms with Crippen LogP contribution >= 0.6 is 27.5 Å². The molecule has 3 aromatic rings. The smallest absolute Gasteiger partial charge is 0.344 e. The van der Waals surface area contributed by atoms with Gasteiger partial charge in [0.15, 0.2) is 17.6 Å². The van der Waals surface area contributed by atoms with Crippen molar-refractivity contribution in [2.75, 3.05) is 7.11 Å². The zero-order valence-electron chi connectivity index (χ0n) is 17.6. The topological polar surface area (TPSA) is 103 Å². The fourth-order valence-electron chi connectivity index (χ4n) is 2.98. The molecule has 0 aliphatic carbocycles. The summed E-state index contributed by atoms with van der Waals surface area (Å²) in [6.45, 7) is 3.38. The molecule has 3 rings (SSSR count). The lowest BCUT2D eigenvalue weighted by Gasteiger charge is -2.15. The van der Waals surface area contributed by atoms with Crippen molar-refractivity contribution in [2.24, 2.45) is 5.10 Å². The molecule has 0 saturated carbocycles. The SMILES string of the molecule is CCCc1nc2ccc(Br)cc2c(=O)n1N=Cc1cc(Cl)c(O[C@@H](C)C(=O)O)c(OC)c1. The number of hydrogen-bond donors (Lipinski definition) is 1. The van der Waals surface area contributed by atoms with Gasteiger partial charge in [0.05, 0.1) is 29.2 Å². The predicted octanol–water partition coefficient (Wildman–Crippen LogP) is 4.51. The molecule has 0 unspecified atom stereocenters. The van der Waals surface area contributed by atoms with Crippen LogP contribution in [0.2, 0.25) is 5.02 Å². The van der Waals surface area contributed by atoms with E-state index in [1.807, 2.05) is 13.0 Å². The van der Waals surface area contributed by atoms with Crippen LogP contribution in [0.1, 0.15) is 31.7 Å². The van der Waals surface area contributed by atoms with Gasteiger partial charge in [0.2, 0.25) is 0 Å². The summed E-state index contributed by atoms with van der Waals surface area (Å²) < 4.78 is 12.8. The van der Waals surface area contributed by atoms with E-state index >= 15 is 0 Å². The van der Waals surface area contributed by atoms with Crippen LogP contribution in [0.25, 0.3) is 10.9 Å². The number of fused-ring (bicyclic) bond motifs is 1. The van der Waals surface area contributed by atoms with E-state index in [4.69, 9.17) is 26.2 Å². The van der Waals surface area contributed by atoms with E-state index < -0.39 is 12.1 Å². The van der Waals surface area contributed by atoms with E-state index in [2.05, 4.69) is 26.0 Å². The number of carboxylic acid groups (broad SMARTS) is 1. The highest BCUT2D eigenvalue weighted by Crippen LogP contribution is 2.36. The Morgan fingerprint density at radius 2 is 2.12 bits per heavy atom. The number of hydrogen-bond acceptors (Lipinski definition) is 6. The second kappa shape index (κ2) is 10.1. The Kier molecular flexibility index (Phi) is 7.52. The number of carboxylic acids is 1. The maximum atomic E-state index is 13.1. The largest absolute Gasteiger partial charge is 0.493 e. The number of nitrogens with zero attached hydrogens (tertiary/aromatic N) is 3. The molecular formula is C22H21BrClN3O5. The van der Waals surface area contributed by atoms with E-state index in [1.165, 1.54) is 24.9 Å². The standard InChI is InChI=1S/C22H21BrClN3O5/c1-4-5-19-26-17-7-6-14(23)10-15(17)21(28)27(19)25-11-13-8-16(24)20(18(9-13)31-3)32-12(2)22(29)30/h6-12H,4-5H2,1-3H3,(H,29,30)/t12-/m0/s1. The Bertz CT molecular complexity index is 1260. The fourth-order valence-corrected chi connectivity index (χ4v) is 3.60. The third kappa shape index (κ3) is 5.11. The quantitative estimate of drug-likeness (QED) is 0.437. The normalized spacial score (nSPS) is 12.3. The third-order valence-corrected chi connectivity index (χ3v) is 5.34. The molecule has 0 bridgehead atoms. The Morgan fingerprint density at radius 3 is 2.78 bits per heavy atom. The summed E-state index contributed by atoms with van der Waals surface area (Å²) in [6.07, 6.45) is 1.71. The molecular weight excluding hydrogens is 502 g/mol. The molecule has 1 N–H and O–H groups in total. The fraction of sp³-hybridized carbons (Fsp3) is 0.273. The molecule has 0 radical (unpaired) electrons. The average Bonchev–Trinajstić information content (AvgIpc) is 2.75. The lowest BCUT2D eigenvalue weighted by molar-refractivity contribution is -0.144. The van der Waals surface area contributed by atoms with Crippen molar-refractivity contribution in [3.05, 3.63) is 61.6 Å². The summed E-state index contributed by atoms with van der Waals surface area (Å²) in [5.41, 5.74) is 0.849. The molecule has 168 valence electrons. The highest BCUT2D eigenvalue weighted by atomic mass is 79.9. The number of benzene rings is 2. The lowest BCUT2D eigenvalue weighted by atomic mass is 10.2. The minimum atomic E-state index is -1.13. The monoisotopic (exact) mass is 521 g/mol. The number of ether oxygens (including phenoxy) is 2. The molecule has 32 heavy (non-hydrogen) atoms. The van der Waals surface area contributed by atoms with Gasteiger partial charge in [-0.05, 0) is 49.2 Å². The zero-order valence-corrected chi connectivity index (χ0v) is 20.0. The van der Waals surface area contributed by atoms with Gasteiger partial charge >= 0.3 is 5.97 Å². The number of aliphatic carboxylic acids is 1. The van der Waals surface area contributed by atoms with Gasteiger partial charge in [0.1, 0.15) is 5.82 Å². The van der Waals surface area contributed by atoms with Crippen LogP contribution in [-0.4, -0.2) is 40.2 Å². The molecule has 0 saturated heterocycles. The molecule has 10 heteroatoms. The van der Waals surface area contributed by atoms with Crippen LogP contribution in [-0.2, 0) is 11.2 Å². The van der Waals surface area contributed by atoms with E-state index in [-0.39, 0.29) is 22.1 Å². The third-order valence-electron chi connectivity index (χ3n) is 4.57. The van der Waals surface area contributed by atoms with Crippen LogP contribution in [0.15, 0.2) is 44.7 Å². The van der Waals surface area contributed by atoms with E-state index in [0.717, 1.165) is 10.9 Å². The van der Waals surface area contributed by atoms with Crippen molar-refractivity contribution < 1.29 is 19.4 Å². The first-order chi connectivity index (χ1) is 15.2. The average molecular weight is 523 g/mol. The molecule has 2 aromatic carbocycles. The summed E-state index contributed by atoms with van der Waals surface area (Å²) >= 11 is 9.69. The Balaban J connectivity index is 2.06. The summed E-state index contributed by atoms with van der Waals surface area (Å²) in [5, 5.41) is 14.0. The molecule has 0 spiro atoms. The summed E-state index contributed by atoms with van der Waals surface area (Å²) in [6, 6.07) is 8.47. The van der Waals surface area contributed by atoms with Crippen molar-refractivity contribution >= 4 is 50.6 Å². The van der Waals surface area contributed by atoms with Crippen LogP contribution in [0.5, 0.6) is 11.5 Å². The number of rotatable bonds is 8. The summed E-state index contributed by atoms with van der Waals surface area (Å²) in [5.74, 6) is -0.236. The number of halogens is 2. The van der Waals surface area contributed by atoms with Crippen molar-refractivity contribution in [3.63, 3.8) is 0 Å². The van der Waals surface area contributed by atoms with Gasteiger partial charge in [0, 0.05) is 10.9 Å². The zero-order chi connectivity index (χ0) is 23.4. The maximum Gasteiger partial charge on any atom is 0.344 e. The van der Waals surface area contributed by atoms with Crippen LogP contribution in [0.3, 0.4) is 0 Å². The van der Waals surface area contributed by atoms with Gasteiger partial charge in [-0.1, -0.05) is 34.5 Å². The van der Waals surface area contributed by atoms with Gasteiger partial charge in [-0.2, -0.15) is 9.78 Å². The molecule has 8 nitrogen and oxygen atoms in total.